The average Bonchev–Trinajstić information content (AvgIpc) is 3.49. The van der Waals surface area contributed by atoms with Crippen molar-refractivity contribution in [2.24, 2.45) is 16.6 Å². The summed E-state index contributed by atoms with van der Waals surface area (Å²) in [5.41, 5.74) is 21.6. The first-order valence-corrected chi connectivity index (χ1v) is 14.2. The third-order valence-electron chi connectivity index (χ3n) is 6.41. The molecule has 2 aromatic heterocycles. The minimum Gasteiger partial charge on any atom is -0.543 e. The number of carboxylic acid groups (broad SMARTS) is 2. The van der Waals surface area contributed by atoms with E-state index in [-0.39, 0.29) is 42.0 Å². The summed E-state index contributed by atoms with van der Waals surface area (Å²) in [6, 6.07) is -1.15. The summed E-state index contributed by atoms with van der Waals surface area (Å²) < 4.78 is 7.27. The van der Waals surface area contributed by atoms with Gasteiger partial charge in [-0.2, -0.15) is 9.36 Å². The van der Waals surface area contributed by atoms with Gasteiger partial charge >= 0.3 is 5.97 Å². The van der Waals surface area contributed by atoms with Gasteiger partial charge < -0.3 is 48.1 Å². The fraction of sp³-hybridized carbons (Fsp3) is 0.455. The van der Waals surface area contributed by atoms with Crippen LogP contribution in [0.3, 0.4) is 0 Å². The number of thioether (sulfide) groups is 1. The molecule has 2 aromatic rings. The summed E-state index contributed by atoms with van der Waals surface area (Å²) in [5, 5.41) is 26.9. The molecule has 4 heterocycles. The Hall–Kier alpha value is -4.27. The second-order valence-corrected chi connectivity index (χ2v) is 11.5. The maximum atomic E-state index is 13.2. The highest BCUT2D eigenvalue weighted by molar-refractivity contribution is 8.00. The van der Waals surface area contributed by atoms with Gasteiger partial charge in [-0.25, -0.2) is 4.79 Å². The van der Waals surface area contributed by atoms with Gasteiger partial charge in [0.25, 0.3) is 11.8 Å². The average molecular weight is 624 g/mol. The van der Waals surface area contributed by atoms with Gasteiger partial charge in [-0.05, 0) is 13.8 Å². The van der Waals surface area contributed by atoms with E-state index >= 15 is 0 Å². The van der Waals surface area contributed by atoms with Crippen LogP contribution in [-0.4, -0.2) is 82.8 Å². The monoisotopic (exact) mass is 623 g/mol. The zero-order chi connectivity index (χ0) is 30.9. The van der Waals surface area contributed by atoms with Crippen molar-refractivity contribution in [1.82, 2.24) is 24.3 Å². The molecule has 1 fully saturated rings. The Labute approximate surface area is 246 Å². The molecule has 18 nitrogen and oxygen atoms in total. The lowest BCUT2D eigenvalue weighted by Crippen LogP contribution is -2.71. The Morgan fingerprint density at radius 1 is 1.33 bits per heavy atom. The van der Waals surface area contributed by atoms with E-state index in [9.17, 15) is 29.4 Å². The van der Waals surface area contributed by atoms with Gasteiger partial charge in [0.05, 0.1) is 23.8 Å². The van der Waals surface area contributed by atoms with Crippen molar-refractivity contribution in [1.29, 1.82) is 0 Å². The van der Waals surface area contributed by atoms with E-state index in [1.165, 1.54) is 25.6 Å². The van der Waals surface area contributed by atoms with Crippen LogP contribution in [0.15, 0.2) is 22.6 Å². The van der Waals surface area contributed by atoms with E-state index in [0.29, 0.717) is 23.5 Å². The first-order valence-electron chi connectivity index (χ1n) is 12.4. The van der Waals surface area contributed by atoms with Crippen molar-refractivity contribution < 1.29 is 38.9 Å². The van der Waals surface area contributed by atoms with E-state index in [1.54, 1.807) is 15.6 Å². The number of carbonyl (C=O) groups excluding carboxylic acids is 3. The molecule has 20 heteroatoms. The predicted molar refractivity (Wildman–Crippen MR) is 147 cm³/mol. The molecule has 4 rings (SSSR count). The number of hydrogen-bond donors (Lipinski definition) is 6. The van der Waals surface area contributed by atoms with Crippen molar-refractivity contribution >= 4 is 63.7 Å². The number of rotatable bonds is 12. The van der Waals surface area contributed by atoms with E-state index in [4.69, 9.17) is 27.8 Å². The minimum atomic E-state index is -1.81. The Morgan fingerprint density at radius 3 is 2.62 bits per heavy atom. The number of fused-ring (bicyclic) bond motifs is 1. The van der Waals surface area contributed by atoms with Gasteiger partial charge in [-0.3, -0.25) is 14.5 Å². The van der Waals surface area contributed by atoms with Gasteiger partial charge in [0.2, 0.25) is 23.3 Å². The van der Waals surface area contributed by atoms with Crippen molar-refractivity contribution in [3.63, 3.8) is 0 Å². The first kappa shape index (κ1) is 30.7. The van der Waals surface area contributed by atoms with E-state index in [0.717, 1.165) is 16.4 Å². The van der Waals surface area contributed by atoms with Crippen LogP contribution in [0.4, 0.5) is 10.9 Å². The first-order chi connectivity index (χ1) is 19.8. The number of nitrogen functional groups attached to an aromatic ring is 2. The normalized spacial score (nSPS) is 18.9. The number of oxime groups is 1. The Balaban J connectivity index is 1.58. The Bertz CT molecular complexity index is 1500. The molecule has 2 aliphatic heterocycles. The SMILES string of the molecule is CC(C)(O/N=C(\C(=O)N[C@@H]1C(=O)N2C(C(=O)[O-])=C(C[n+]3cc(CN)c(N)n3CCN)CS[C@H]12)c1nsc(N)n1)C(=O)O. The third kappa shape index (κ3) is 5.73. The molecule has 10 N–H and O–H groups in total. The molecule has 0 saturated carbocycles. The third-order valence-corrected chi connectivity index (χ3v) is 8.29. The summed E-state index contributed by atoms with van der Waals surface area (Å²) in [7, 11) is 0. The van der Waals surface area contributed by atoms with Crippen molar-refractivity contribution in [3.05, 3.63) is 28.9 Å². The smallest absolute Gasteiger partial charge is 0.350 e. The van der Waals surface area contributed by atoms with E-state index in [1.807, 2.05) is 0 Å². The summed E-state index contributed by atoms with van der Waals surface area (Å²) in [6.07, 6.45) is 1.69. The van der Waals surface area contributed by atoms with Crippen LogP contribution in [0, 0.1) is 0 Å². The predicted octanol–water partition coefficient (Wildman–Crippen LogP) is -4.10. The fourth-order valence-corrected chi connectivity index (χ4v) is 5.96. The summed E-state index contributed by atoms with van der Waals surface area (Å²) >= 11 is 1.98. The standard InChI is InChI=1S/C22H29N11O7S2/c1-22(2,20(38)39)40-29-11(15-28-21(26)42-30-15)16(34)27-12-17(35)33-13(19(36)37)10(8-41-18(12)33)7-31-6-9(5-24)14(25)32(31)4-3-23/h6,12,18,25H,3-5,7-8,23-24H2,1-2H3,(H5,26,27,28,30,34,36,37,38,39)/b29-11-/t12-,18-/m1/s1. The number of nitrogens with zero attached hydrogens (tertiary/aromatic N) is 6. The molecule has 2 amide bonds. The van der Waals surface area contributed by atoms with Gasteiger partial charge in [-0.1, -0.05) is 5.16 Å². The minimum absolute atomic E-state index is 0.00353. The number of hydrogen-bond acceptors (Lipinski definition) is 15. The maximum absolute atomic E-state index is 13.2. The highest BCUT2D eigenvalue weighted by atomic mass is 32.2. The number of aliphatic carboxylic acids is 2. The van der Waals surface area contributed by atoms with Crippen LogP contribution in [0.5, 0.6) is 0 Å². The van der Waals surface area contributed by atoms with Crippen LogP contribution in [0.25, 0.3) is 0 Å². The quantitative estimate of drug-likeness (QED) is 0.0567. The fourth-order valence-electron chi connectivity index (χ4n) is 4.19. The zero-order valence-electron chi connectivity index (χ0n) is 22.5. The molecule has 2 atom stereocenters. The van der Waals surface area contributed by atoms with Gasteiger partial charge in [0.15, 0.2) is 17.5 Å². The van der Waals surface area contributed by atoms with Crippen LogP contribution < -0.4 is 38.0 Å². The summed E-state index contributed by atoms with van der Waals surface area (Å²) in [4.78, 5) is 60.0. The van der Waals surface area contributed by atoms with Gasteiger partial charge in [0.1, 0.15) is 11.4 Å². The number of anilines is 2. The van der Waals surface area contributed by atoms with E-state index < -0.39 is 46.5 Å². The lowest BCUT2D eigenvalue weighted by Gasteiger charge is -2.50. The molecule has 0 bridgehead atoms. The molecule has 0 radical (unpaired) electrons. The van der Waals surface area contributed by atoms with Gasteiger partial charge in [0, 0.05) is 35.9 Å². The number of amides is 2. The van der Waals surface area contributed by atoms with Crippen LogP contribution >= 0.6 is 23.3 Å². The summed E-state index contributed by atoms with van der Waals surface area (Å²) in [6.45, 7) is 3.27. The van der Waals surface area contributed by atoms with Gasteiger partial charge in [-0.15, -0.1) is 21.1 Å². The number of nitrogens with one attached hydrogen (secondary N) is 1. The zero-order valence-corrected chi connectivity index (χ0v) is 24.1. The Morgan fingerprint density at radius 2 is 2.05 bits per heavy atom. The van der Waals surface area contributed by atoms with Crippen molar-refractivity contribution in [3.8, 4) is 0 Å². The number of aromatic nitrogens is 4. The molecule has 0 spiro atoms. The van der Waals surface area contributed by atoms with Crippen LogP contribution in [0.2, 0.25) is 0 Å². The molecule has 2 aliphatic rings. The molecule has 1 saturated heterocycles. The van der Waals surface area contributed by atoms with Crippen molar-refractivity contribution in [2.75, 3.05) is 23.8 Å². The molecule has 42 heavy (non-hydrogen) atoms. The van der Waals surface area contributed by atoms with Crippen LogP contribution in [-0.2, 0) is 43.7 Å². The van der Waals surface area contributed by atoms with Crippen molar-refractivity contribution in [2.45, 2.75) is 50.5 Å². The molecule has 226 valence electrons. The highest BCUT2D eigenvalue weighted by Gasteiger charge is 2.53. The number of carbonyl (C=O) groups is 4. The number of carboxylic acids is 2. The second kappa shape index (κ2) is 11.9. The molecular weight excluding hydrogens is 594 g/mol. The molecule has 0 aliphatic carbocycles. The lowest BCUT2D eigenvalue weighted by molar-refractivity contribution is -0.767. The number of β-lactam (4-membered cyclic amide) rings is 1. The second-order valence-electron chi connectivity index (χ2n) is 9.66. The highest BCUT2D eigenvalue weighted by Crippen LogP contribution is 2.40. The largest absolute Gasteiger partial charge is 0.543 e. The number of nitrogens with two attached hydrogens (primary N) is 4. The molecular formula is C22H29N11O7S2. The topological polar surface area (TPSA) is 287 Å². The molecule has 0 unspecified atom stereocenters. The summed E-state index contributed by atoms with van der Waals surface area (Å²) in [5.74, 6) is -4.26. The van der Waals surface area contributed by atoms with E-state index in [2.05, 4.69) is 19.8 Å². The lowest BCUT2D eigenvalue weighted by atomic mass is 10.0. The van der Waals surface area contributed by atoms with Crippen LogP contribution in [0.1, 0.15) is 25.2 Å². The maximum Gasteiger partial charge on any atom is 0.350 e. The molecule has 0 aromatic carbocycles. The Kier molecular flexibility index (Phi) is 8.71.